The van der Waals surface area contributed by atoms with Crippen LogP contribution in [0, 0.1) is 0 Å². The van der Waals surface area contributed by atoms with Crippen LogP contribution in [0.5, 0.6) is 0 Å². The molecule has 148 valence electrons. The lowest BCUT2D eigenvalue weighted by atomic mass is 9.87. The van der Waals surface area contributed by atoms with Crippen LogP contribution >= 0.6 is 0 Å². The second-order valence-corrected chi connectivity index (χ2v) is 8.60. The van der Waals surface area contributed by atoms with E-state index in [9.17, 15) is 31.2 Å². The van der Waals surface area contributed by atoms with Crippen molar-refractivity contribution >= 4 is 22.0 Å². The molecule has 3 amide bonds. The van der Waals surface area contributed by atoms with Crippen LogP contribution in [0.1, 0.15) is 18.4 Å². The van der Waals surface area contributed by atoms with E-state index in [0.717, 1.165) is 27.4 Å². The molecule has 1 aromatic carbocycles. The molecule has 0 radical (unpaired) electrons. The Morgan fingerprint density at radius 2 is 1.67 bits per heavy atom. The van der Waals surface area contributed by atoms with E-state index in [-0.39, 0.29) is 25.9 Å². The normalized spacial score (nSPS) is 21.4. The van der Waals surface area contributed by atoms with Gasteiger partial charge in [-0.25, -0.2) is 13.2 Å². The minimum Gasteiger partial charge on any atom is -0.312 e. The maximum atomic E-state index is 12.9. The van der Waals surface area contributed by atoms with Crippen LogP contribution in [0.25, 0.3) is 0 Å². The van der Waals surface area contributed by atoms with Crippen LogP contribution in [-0.4, -0.2) is 67.2 Å². The molecule has 1 aromatic rings. The minimum atomic E-state index is -4.65. The summed E-state index contributed by atoms with van der Waals surface area (Å²) in [5.74, 6) is -0.397. The summed E-state index contributed by atoms with van der Waals surface area (Å²) in [4.78, 5) is 26.3. The number of rotatable bonds is 2. The van der Waals surface area contributed by atoms with E-state index >= 15 is 0 Å². The Bertz CT molecular complexity index is 892. The summed E-state index contributed by atoms with van der Waals surface area (Å²) < 4.78 is 65.2. The highest BCUT2D eigenvalue weighted by Gasteiger charge is 2.56. The molecule has 0 aromatic heterocycles. The van der Waals surface area contributed by atoms with Gasteiger partial charge in [-0.2, -0.15) is 17.5 Å². The van der Waals surface area contributed by atoms with Gasteiger partial charge < -0.3 is 4.90 Å². The molecule has 2 fully saturated rings. The fourth-order valence-electron chi connectivity index (χ4n) is 3.58. The zero-order valence-electron chi connectivity index (χ0n) is 14.7. The number of carbonyl (C=O) groups excluding carboxylic acids is 2. The number of urea groups is 1. The van der Waals surface area contributed by atoms with Crippen LogP contribution < -0.4 is 0 Å². The van der Waals surface area contributed by atoms with E-state index in [1.54, 1.807) is 0 Å². The Kier molecular flexibility index (Phi) is 4.50. The lowest BCUT2D eigenvalue weighted by Crippen LogP contribution is -2.56. The first kappa shape index (κ1) is 19.6. The number of amides is 3. The van der Waals surface area contributed by atoms with Crippen molar-refractivity contribution in [2.24, 2.45) is 0 Å². The molecule has 0 bridgehead atoms. The van der Waals surface area contributed by atoms with Gasteiger partial charge in [-0.15, -0.1) is 0 Å². The monoisotopic (exact) mass is 405 g/mol. The van der Waals surface area contributed by atoms with E-state index < -0.39 is 44.1 Å². The summed E-state index contributed by atoms with van der Waals surface area (Å²) in [6.45, 7) is -0.147. The molecule has 0 atom stereocenters. The Labute approximate surface area is 154 Å². The number of piperidine rings is 1. The van der Waals surface area contributed by atoms with Gasteiger partial charge in [-0.1, -0.05) is 6.07 Å². The lowest BCUT2D eigenvalue weighted by molar-refractivity contribution is -0.137. The molecule has 7 nitrogen and oxygen atoms in total. The summed E-state index contributed by atoms with van der Waals surface area (Å²) in [7, 11) is -1.30. The van der Waals surface area contributed by atoms with Gasteiger partial charge in [0.05, 0.1) is 10.5 Å². The Morgan fingerprint density at radius 3 is 2.15 bits per heavy atom. The number of halogens is 3. The largest absolute Gasteiger partial charge is 0.416 e. The predicted octanol–water partition coefficient (Wildman–Crippen LogP) is 1.75. The van der Waals surface area contributed by atoms with Crippen LogP contribution in [-0.2, 0) is 21.0 Å². The Hall–Kier alpha value is -2.14. The molecule has 0 unspecified atom stereocenters. The highest BCUT2D eigenvalue weighted by molar-refractivity contribution is 7.89. The maximum absolute atomic E-state index is 12.9. The number of likely N-dealkylation sites (N-methyl/N-ethyl adjacent to an activating group) is 2. The second-order valence-electron chi connectivity index (χ2n) is 6.67. The molecule has 3 rings (SSSR count). The second kappa shape index (κ2) is 6.20. The number of benzene rings is 1. The van der Waals surface area contributed by atoms with Crippen molar-refractivity contribution in [2.75, 3.05) is 27.2 Å². The summed E-state index contributed by atoms with van der Waals surface area (Å²) >= 11 is 0. The summed E-state index contributed by atoms with van der Waals surface area (Å²) in [5, 5.41) is 0. The van der Waals surface area contributed by atoms with E-state index in [0.29, 0.717) is 6.07 Å². The van der Waals surface area contributed by atoms with Crippen LogP contribution in [0.15, 0.2) is 29.2 Å². The van der Waals surface area contributed by atoms with Crippen molar-refractivity contribution in [2.45, 2.75) is 29.5 Å². The smallest absolute Gasteiger partial charge is 0.312 e. The summed E-state index contributed by atoms with van der Waals surface area (Å²) in [6, 6.07) is 3.10. The first-order chi connectivity index (χ1) is 12.4. The number of nitrogens with zero attached hydrogens (tertiary/aromatic N) is 3. The number of sulfonamides is 1. The fourth-order valence-corrected chi connectivity index (χ4v) is 5.07. The average Bonchev–Trinajstić information content (AvgIpc) is 2.78. The van der Waals surface area contributed by atoms with Gasteiger partial charge >= 0.3 is 12.2 Å². The molecule has 1 spiro atoms. The first-order valence-corrected chi connectivity index (χ1v) is 9.59. The quantitative estimate of drug-likeness (QED) is 0.703. The molecule has 2 aliphatic rings. The molecule has 2 aliphatic heterocycles. The SMILES string of the molecule is CN1C(=O)N(C)C2(CCN(S(=O)(=O)c3cccc(C(F)(F)F)c3)CC2)C1=O. The zero-order chi connectivity index (χ0) is 20.2. The number of hydrogen-bond acceptors (Lipinski definition) is 4. The molecular formula is C16H18F3N3O4S. The zero-order valence-corrected chi connectivity index (χ0v) is 15.5. The predicted molar refractivity (Wildman–Crippen MR) is 88.1 cm³/mol. The van der Waals surface area contributed by atoms with Crippen molar-refractivity contribution in [3.05, 3.63) is 29.8 Å². The standard InChI is InChI=1S/C16H18F3N3O4S/c1-20-13(23)15(21(2)14(20)24)6-8-22(9-7-15)27(25,26)12-5-3-4-11(10-12)16(17,18)19/h3-5,10H,6-9H2,1-2H3. The Morgan fingerprint density at radius 1 is 1.07 bits per heavy atom. The highest BCUT2D eigenvalue weighted by atomic mass is 32.2. The van der Waals surface area contributed by atoms with Crippen LogP contribution in [0.2, 0.25) is 0 Å². The molecule has 2 heterocycles. The van der Waals surface area contributed by atoms with E-state index in [4.69, 9.17) is 0 Å². The van der Waals surface area contributed by atoms with Crippen molar-refractivity contribution in [1.29, 1.82) is 0 Å². The number of imide groups is 1. The molecule has 0 aliphatic carbocycles. The van der Waals surface area contributed by atoms with Crippen molar-refractivity contribution < 1.29 is 31.2 Å². The topological polar surface area (TPSA) is 78.0 Å². The fraction of sp³-hybridized carbons (Fsp3) is 0.500. The van der Waals surface area contributed by atoms with Gasteiger partial charge in [0, 0.05) is 27.2 Å². The van der Waals surface area contributed by atoms with Crippen molar-refractivity contribution in [1.82, 2.24) is 14.1 Å². The first-order valence-electron chi connectivity index (χ1n) is 8.15. The third-order valence-electron chi connectivity index (χ3n) is 5.27. The van der Waals surface area contributed by atoms with E-state index in [1.165, 1.54) is 19.0 Å². The van der Waals surface area contributed by atoms with E-state index in [2.05, 4.69) is 0 Å². The van der Waals surface area contributed by atoms with Crippen LogP contribution in [0.4, 0.5) is 18.0 Å². The van der Waals surface area contributed by atoms with Crippen LogP contribution in [0.3, 0.4) is 0 Å². The van der Waals surface area contributed by atoms with Crippen molar-refractivity contribution in [3.8, 4) is 0 Å². The summed E-state index contributed by atoms with van der Waals surface area (Å²) in [6.07, 6.45) is -4.49. The Balaban J connectivity index is 1.84. The molecule has 2 saturated heterocycles. The number of hydrogen-bond donors (Lipinski definition) is 0. The maximum Gasteiger partial charge on any atom is 0.416 e. The number of carbonyl (C=O) groups is 2. The molecule has 27 heavy (non-hydrogen) atoms. The highest BCUT2D eigenvalue weighted by Crippen LogP contribution is 2.37. The third kappa shape index (κ3) is 2.98. The lowest BCUT2D eigenvalue weighted by Gasteiger charge is -2.40. The molecule has 0 N–H and O–H groups in total. The van der Waals surface area contributed by atoms with Gasteiger partial charge in [-0.05, 0) is 31.0 Å². The average molecular weight is 405 g/mol. The van der Waals surface area contributed by atoms with Gasteiger partial charge in [0.1, 0.15) is 5.54 Å². The van der Waals surface area contributed by atoms with E-state index in [1.807, 2.05) is 0 Å². The van der Waals surface area contributed by atoms with Gasteiger partial charge in [0.15, 0.2) is 0 Å². The van der Waals surface area contributed by atoms with Gasteiger partial charge in [0.2, 0.25) is 10.0 Å². The third-order valence-corrected chi connectivity index (χ3v) is 7.16. The minimum absolute atomic E-state index is 0.0736. The molecular weight excluding hydrogens is 387 g/mol. The van der Waals surface area contributed by atoms with Crippen molar-refractivity contribution in [3.63, 3.8) is 0 Å². The summed E-state index contributed by atoms with van der Waals surface area (Å²) in [5.41, 5.74) is -2.15. The number of alkyl halides is 3. The van der Waals surface area contributed by atoms with Gasteiger partial charge in [0.25, 0.3) is 5.91 Å². The molecule has 11 heteroatoms. The van der Waals surface area contributed by atoms with Gasteiger partial charge in [-0.3, -0.25) is 9.69 Å². The molecule has 0 saturated carbocycles.